The zero-order valence-electron chi connectivity index (χ0n) is 23.6. The molecule has 0 aromatic rings. The number of thioether (sulfide) groups is 1. The molecule has 0 aromatic carbocycles. The van der Waals surface area contributed by atoms with Crippen LogP contribution in [0.1, 0.15) is 33.6 Å². The summed E-state index contributed by atoms with van der Waals surface area (Å²) in [6.45, 7) is 18.1. The molecule has 4 aliphatic rings. The highest BCUT2D eigenvalue weighted by Gasteiger charge is 2.77. The molecule has 10 heteroatoms. The number of nitrogens with zero attached hydrogens (tertiary/aromatic N) is 3. The lowest BCUT2D eigenvalue weighted by molar-refractivity contribution is -0.155. The summed E-state index contributed by atoms with van der Waals surface area (Å²) in [5.74, 6) is -1.97. The van der Waals surface area contributed by atoms with Crippen LogP contribution in [-0.4, -0.2) is 119 Å². The third-order valence-electron chi connectivity index (χ3n) is 9.02. The van der Waals surface area contributed by atoms with E-state index in [0.29, 0.717) is 39.3 Å². The minimum Gasteiger partial charge on any atom is -0.465 e. The lowest BCUT2D eigenvalue weighted by atomic mass is 9.66. The standard InChI is InChI=1S/C29H45N3O6S/c1-6-8-14-38-28(36)23-22-17-20(5)29(39-22)24(23)26(34)32(21(18-33)19(3)4)25(29)27(35)31(9-7-2)11-10-30-12-15-37-16-13-30/h6-7,19-25,33H,1-2,8-18H2,3-5H3/t20?,21-,22-,23+,24-,25?,29?/m0/s1. The zero-order chi connectivity index (χ0) is 28.3. The molecule has 1 spiro atoms. The molecule has 39 heavy (non-hydrogen) atoms. The second-order valence-corrected chi connectivity index (χ2v) is 13.1. The van der Waals surface area contributed by atoms with Gasteiger partial charge in [0.1, 0.15) is 6.04 Å². The summed E-state index contributed by atoms with van der Waals surface area (Å²) in [5.41, 5.74) is 0. The van der Waals surface area contributed by atoms with E-state index in [4.69, 9.17) is 9.47 Å². The summed E-state index contributed by atoms with van der Waals surface area (Å²) in [6.07, 6.45) is 4.71. The molecular weight excluding hydrogens is 518 g/mol. The molecule has 3 unspecified atom stereocenters. The average molecular weight is 564 g/mol. The zero-order valence-corrected chi connectivity index (χ0v) is 24.4. The predicted octanol–water partition coefficient (Wildman–Crippen LogP) is 1.81. The first-order chi connectivity index (χ1) is 18.7. The molecule has 0 aromatic heterocycles. The molecule has 2 bridgehead atoms. The summed E-state index contributed by atoms with van der Waals surface area (Å²) in [5, 5.41) is 10.4. The Bertz CT molecular complexity index is 940. The molecule has 0 saturated carbocycles. The van der Waals surface area contributed by atoms with E-state index in [1.807, 2.05) is 13.8 Å². The average Bonchev–Trinajstić information content (AvgIpc) is 3.51. The Morgan fingerprint density at radius 3 is 2.62 bits per heavy atom. The fourth-order valence-electron chi connectivity index (χ4n) is 7.03. The van der Waals surface area contributed by atoms with Gasteiger partial charge >= 0.3 is 5.97 Å². The van der Waals surface area contributed by atoms with Crippen molar-refractivity contribution in [1.29, 1.82) is 0 Å². The fourth-order valence-corrected chi connectivity index (χ4v) is 9.42. The number of amides is 2. The molecule has 218 valence electrons. The number of aliphatic hydroxyl groups is 1. The monoisotopic (exact) mass is 563 g/mol. The van der Waals surface area contributed by atoms with Gasteiger partial charge in [-0.25, -0.2) is 0 Å². The first kappa shape index (κ1) is 30.1. The first-order valence-electron chi connectivity index (χ1n) is 14.3. The Kier molecular flexibility index (Phi) is 9.83. The van der Waals surface area contributed by atoms with Gasteiger partial charge < -0.3 is 24.4 Å². The van der Waals surface area contributed by atoms with Gasteiger partial charge in [0, 0.05) is 38.0 Å². The Morgan fingerprint density at radius 2 is 2.00 bits per heavy atom. The van der Waals surface area contributed by atoms with E-state index in [-0.39, 0.29) is 48.1 Å². The van der Waals surface area contributed by atoms with Gasteiger partial charge in [0.05, 0.1) is 49.1 Å². The molecule has 7 atom stereocenters. The molecule has 4 heterocycles. The summed E-state index contributed by atoms with van der Waals surface area (Å²) < 4.78 is 10.3. The predicted molar refractivity (Wildman–Crippen MR) is 151 cm³/mol. The van der Waals surface area contributed by atoms with Crippen LogP contribution in [0.3, 0.4) is 0 Å². The fraction of sp³-hybridized carbons (Fsp3) is 0.759. The van der Waals surface area contributed by atoms with Crippen LogP contribution >= 0.6 is 11.8 Å². The van der Waals surface area contributed by atoms with Gasteiger partial charge in [-0.15, -0.1) is 24.9 Å². The number of likely N-dealkylation sites (tertiary alicyclic amines) is 1. The number of rotatable bonds is 13. The molecule has 9 nitrogen and oxygen atoms in total. The van der Waals surface area contributed by atoms with Gasteiger partial charge in [-0.05, 0) is 24.7 Å². The van der Waals surface area contributed by atoms with Crippen LogP contribution in [0.5, 0.6) is 0 Å². The molecule has 0 aliphatic carbocycles. The van der Waals surface area contributed by atoms with Crippen LogP contribution < -0.4 is 0 Å². The molecular formula is C29H45N3O6S. The van der Waals surface area contributed by atoms with Crippen LogP contribution in [0.25, 0.3) is 0 Å². The first-order valence-corrected chi connectivity index (χ1v) is 15.2. The molecule has 4 fully saturated rings. The Hall–Kier alpha value is -1.88. The van der Waals surface area contributed by atoms with E-state index in [9.17, 15) is 19.5 Å². The summed E-state index contributed by atoms with van der Waals surface area (Å²) in [6, 6.07) is -1.30. The minimum atomic E-state index is -0.768. The Labute approximate surface area is 236 Å². The molecule has 0 radical (unpaired) electrons. The maximum absolute atomic E-state index is 14.6. The van der Waals surface area contributed by atoms with E-state index in [2.05, 4.69) is 25.0 Å². The van der Waals surface area contributed by atoms with Crippen molar-refractivity contribution in [1.82, 2.24) is 14.7 Å². The van der Waals surface area contributed by atoms with E-state index in [1.165, 1.54) is 0 Å². The SMILES string of the molecule is C=CCCOC(=O)[C@@H]1[C@@H]2CC(C)C3(S2)C(C(=O)N(CC=C)CCN2CCOCC2)N([C@@H](CO)C(C)C)C(=O)[C@H]13. The number of esters is 1. The van der Waals surface area contributed by atoms with Gasteiger partial charge in [-0.3, -0.25) is 19.3 Å². The summed E-state index contributed by atoms with van der Waals surface area (Å²) in [4.78, 5) is 48.0. The third kappa shape index (κ3) is 5.42. The third-order valence-corrected chi connectivity index (χ3v) is 11.1. The van der Waals surface area contributed by atoms with Crippen LogP contribution in [0.15, 0.2) is 25.3 Å². The van der Waals surface area contributed by atoms with E-state index < -0.39 is 28.7 Å². The van der Waals surface area contributed by atoms with Gasteiger partial charge in [-0.1, -0.05) is 32.9 Å². The molecule has 1 N–H and O–H groups in total. The normalized spacial score (nSPS) is 32.8. The summed E-state index contributed by atoms with van der Waals surface area (Å²) >= 11 is 1.63. The number of aliphatic hydroxyl groups excluding tert-OH is 1. The van der Waals surface area contributed by atoms with Crippen LogP contribution in [0, 0.1) is 23.7 Å². The van der Waals surface area contributed by atoms with Crippen molar-refractivity contribution in [3.05, 3.63) is 25.3 Å². The number of hydrogen-bond acceptors (Lipinski definition) is 8. The number of hydrogen-bond donors (Lipinski definition) is 1. The maximum Gasteiger partial charge on any atom is 0.310 e. The number of carbonyl (C=O) groups excluding carboxylic acids is 3. The molecule has 4 rings (SSSR count). The van der Waals surface area contributed by atoms with E-state index >= 15 is 0 Å². The maximum atomic E-state index is 14.6. The van der Waals surface area contributed by atoms with Crippen LogP contribution in [0.2, 0.25) is 0 Å². The number of ether oxygens (including phenoxy) is 2. The van der Waals surface area contributed by atoms with Gasteiger partial charge in [0.15, 0.2) is 0 Å². The van der Waals surface area contributed by atoms with Gasteiger partial charge in [-0.2, -0.15) is 0 Å². The van der Waals surface area contributed by atoms with Crippen molar-refractivity contribution in [2.45, 2.75) is 55.7 Å². The lowest BCUT2D eigenvalue weighted by Gasteiger charge is -2.43. The van der Waals surface area contributed by atoms with Crippen LogP contribution in [-0.2, 0) is 23.9 Å². The largest absolute Gasteiger partial charge is 0.465 e. The van der Waals surface area contributed by atoms with Crippen molar-refractivity contribution in [2.24, 2.45) is 23.7 Å². The Morgan fingerprint density at radius 1 is 1.28 bits per heavy atom. The topological polar surface area (TPSA) is 99.6 Å². The minimum absolute atomic E-state index is 0.0500. The number of fused-ring (bicyclic) bond motifs is 1. The van der Waals surface area contributed by atoms with E-state index in [1.54, 1.807) is 33.7 Å². The molecule has 2 amide bonds. The summed E-state index contributed by atoms with van der Waals surface area (Å²) in [7, 11) is 0. The molecule has 4 saturated heterocycles. The molecule has 4 aliphatic heterocycles. The van der Waals surface area contributed by atoms with Crippen molar-refractivity contribution < 1.29 is 29.0 Å². The van der Waals surface area contributed by atoms with Crippen molar-refractivity contribution >= 4 is 29.5 Å². The Balaban J connectivity index is 1.69. The lowest BCUT2D eigenvalue weighted by Crippen LogP contribution is -2.60. The van der Waals surface area contributed by atoms with Gasteiger partial charge in [0.2, 0.25) is 11.8 Å². The van der Waals surface area contributed by atoms with Crippen molar-refractivity contribution in [3.63, 3.8) is 0 Å². The highest BCUT2D eigenvalue weighted by atomic mass is 32.2. The quantitative estimate of drug-likeness (QED) is 0.206. The second-order valence-electron chi connectivity index (χ2n) is 11.6. The number of morpholine rings is 1. The van der Waals surface area contributed by atoms with Gasteiger partial charge in [0.25, 0.3) is 0 Å². The second kappa shape index (κ2) is 12.7. The number of carbonyl (C=O) groups is 3. The van der Waals surface area contributed by atoms with E-state index in [0.717, 1.165) is 19.5 Å². The van der Waals surface area contributed by atoms with Crippen molar-refractivity contribution in [3.8, 4) is 0 Å². The van der Waals surface area contributed by atoms with Crippen molar-refractivity contribution in [2.75, 3.05) is 59.2 Å². The smallest absolute Gasteiger partial charge is 0.310 e. The van der Waals surface area contributed by atoms with Crippen LogP contribution in [0.4, 0.5) is 0 Å². The highest BCUT2D eigenvalue weighted by Crippen LogP contribution is 2.69. The highest BCUT2D eigenvalue weighted by molar-refractivity contribution is 8.02.